The van der Waals surface area contributed by atoms with Gasteiger partial charge in [0.25, 0.3) is 5.91 Å². The van der Waals surface area contributed by atoms with Gasteiger partial charge in [-0.15, -0.1) is 11.8 Å². The molecule has 2 amide bonds. The average Bonchev–Trinajstić information content (AvgIpc) is 2.69. The topological polar surface area (TPSA) is 75.4 Å². The van der Waals surface area contributed by atoms with Crippen LogP contribution in [0.2, 0.25) is 5.02 Å². The van der Waals surface area contributed by atoms with Crippen LogP contribution in [0.15, 0.2) is 47.4 Å². The molecule has 5 nitrogen and oxygen atoms in total. The number of anilines is 2. The molecule has 0 aliphatic carbocycles. The number of primary amides is 1. The number of benzene rings is 2. The van der Waals surface area contributed by atoms with Crippen LogP contribution in [0.25, 0.3) is 0 Å². The Bertz CT molecular complexity index is 834. The number of nitrogens with two attached hydrogens (primary N) is 1. The SMILES string of the molecule is CSc1ccc(Cl)c(C(=O)Nc2ccc(N3CCC(C(N)=O)CC3)cc2)c1. The molecule has 1 aliphatic rings. The van der Waals surface area contributed by atoms with E-state index in [9.17, 15) is 9.59 Å². The van der Waals surface area contributed by atoms with Gasteiger partial charge in [-0.05, 0) is 61.6 Å². The number of piperidine rings is 1. The van der Waals surface area contributed by atoms with Gasteiger partial charge in [0.1, 0.15) is 0 Å². The number of carbonyl (C=O) groups excluding carboxylic acids is 2. The van der Waals surface area contributed by atoms with Crippen LogP contribution in [0.3, 0.4) is 0 Å². The van der Waals surface area contributed by atoms with E-state index in [4.69, 9.17) is 17.3 Å². The van der Waals surface area contributed by atoms with Crippen LogP contribution in [0.5, 0.6) is 0 Å². The predicted octanol–water partition coefficient (Wildman–Crippen LogP) is 4.02. The highest BCUT2D eigenvalue weighted by molar-refractivity contribution is 7.98. The molecule has 2 aromatic carbocycles. The number of halogens is 1. The van der Waals surface area contributed by atoms with Gasteiger partial charge in [0, 0.05) is 35.3 Å². The highest BCUT2D eigenvalue weighted by atomic mass is 35.5. The lowest BCUT2D eigenvalue weighted by molar-refractivity contribution is -0.122. The van der Waals surface area contributed by atoms with Crippen molar-refractivity contribution in [2.45, 2.75) is 17.7 Å². The van der Waals surface area contributed by atoms with Crippen molar-refractivity contribution >= 4 is 46.6 Å². The smallest absolute Gasteiger partial charge is 0.257 e. The highest BCUT2D eigenvalue weighted by Crippen LogP contribution is 2.26. The number of rotatable bonds is 5. The fraction of sp³-hybridized carbons (Fsp3) is 0.300. The number of hydrogen-bond acceptors (Lipinski definition) is 4. The minimum atomic E-state index is -0.231. The van der Waals surface area contributed by atoms with Gasteiger partial charge in [-0.1, -0.05) is 11.6 Å². The van der Waals surface area contributed by atoms with Gasteiger partial charge >= 0.3 is 0 Å². The Morgan fingerprint density at radius 3 is 2.41 bits per heavy atom. The van der Waals surface area contributed by atoms with Gasteiger partial charge in [0.2, 0.25) is 5.91 Å². The van der Waals surface area contributed by atoms with E-state index in [1.54, 1.807) is 23.9 Å². The lowest BCUT2D eigenvalue weighted by Gasteiger charge is -2.32. The maximum absolute atomic E-state index is 12.5. The van der Waals surface area contributed by atoms with Gasteiger partial charge in [-0.3, -0.25) is 9.59 Å². The molecule has 0 unspecified atom stereocenters. The van der Waals surface area contributed by atoms with E-state index in [2.05, 4.69) is 10.2 Å². The van der Waals surface area contributed by atoms with Crippen LogP contribution < -0.4 is 16.0 Å². The van der Waals surface area contributed by atoms with Gasteiger partial charge in [-0.25, -0.2) is 0 Å². The summed E-state index contributed by atoms with van der Waals surface area (Å²) in [6, 6.07) is 13.1. The number of nitrogens with one attached hydrogen (secondary N) is 1. The second-order valence-electron chi connectivity index (χ2n) is 6.51. The molecule has 0 aromatic heterocycles. The third kappa shape index (κ3) is 4.76. The fourth-order valence-electron chi connectivity index (χ4n) is 3.18. The number of thioether (sulfide) groups is 1. The van der Waals surface area contributed by atoms with Crippen molar-refractivity contribution in [2.24, 2.45) is 11.7 Å². The van der Waals surface area contributed by atoms with Crippen molar-refractivity contribution in [3.63, 3.8) is 0 Å². The normalized spacial score (nSPS) is 14.8. The lowest BCUT2D eigenvalue weighted by Crippen LogP contribution is -2.38. The Hall–Kier alpha value is -2.18. The van der Waals surface area contributed by atoms with Crippen molar-refractivity contribution in [1.82, 2.24) is 0 Å². The van der Waals surface area contributed by atoms with Gasteiger partial charge in [0.15, 0.2) is 0 Å². The van der Waals surface area contributed by atoms with Crippen LogP contribution in [-0.2, 0) is 4.79 Å². The van der Waals surface area contributed by atoms with Crippen molar-refractivity contribution in [2.75, 3.05) is 29.6 Å². The summed E-state index contributed by atoms with van der Waals surface area (Å²) in [4.78, 5) is 27.0. The van der Waals surface area contributed by atoms with E-state index >= 15 is 0 Å². The first-order valence-electron chi connectivity index (χ1n) is 8.77. The molecule has 0 atom stereocenters. The second-order valence-corrected chi connectivity index (χ2v) is 7.80. The number of carbonyl (C=O) groups is 2. The summed E-state index contributed by atoms with van der Waals surface area (Å²) in [5, 5.41) is 3.32. The molecular weight excluding hydrogens is 382 g/mol. The second kappa shape index (κ2) is 8.67. The van der Waals surface area contributed by atoms with E-state index in [1.807, 2.05) is 36.6 Å². The van der Waals surface area contributed by atoms with Crippen LogP contribution in [0.4, 0.5) is 11.4 Å². The maximum Gasteiger partial charge on any atom is 0.257 e. The van der Waals surface area contributed by atoms with E-state index in [-0.39, 0.29) is 17.7 Å². The van der Waals surface area contributed by atoms with Crippen LogP contribution >= 0.6 is 23.4 Å². The summed E-state index contributed by atoms with van der Waals surface area (Å²) >= 11 is 7.73. The van der Waals surface area contributed by atoms with Crippen molar-refractivity contribution < 1.29 is 9.59 Å². The van der Waals surface area contributed by atoms with Crippen LogP contribution in [0, 0.1) is 5.92 Å². The molecule has 3 N–H and O–H groups in total. The number of hydrogen-bond donors (Lipinski definition) is 2. The van der Waals surface area contributed by atoms with E-state index in [1.165, 1.54) is 0 Å². The Labute approximate surface area is 168 Å². The maximum atomic E-state index is 12.5. The first-order valence-corrected chi connectivity index (χ1v) is 10.4. The monoisotopic (exact) mass is 403 g/mol. The van der Waals surface area contributed by atoms with Crippen molar-refractivity contribution in [3.8, 4) is 0 Å². The van der Waals surface area contributed by atoms with Crippen molar-refractivity contribution in [1.29, 1.82) is 0 Å². The molecule has 1 fully saturated rings. The van der Waals surface area contributed by atoms with Gasteiger partial charge in [-0.2, -0.15) is 0 Å². The Balaban J connectivity index is 1.64. The zero-order valence-electron chi connectivity index (χ0n) is 15.1. The van der Waals surface area contributed by atoms with E-state index < -0.39 is 0 Å². The summed E-state index contributed by atoms with van der Waals surface area (Å²) < 4.78 is 0. The zero-order chi connectivity index (χ0) is 19.4. The van der Waals surface area contributed by atoms with Gasteiger partial charge < -0.3 is 16.0 Å². The summed E-state index contributed by atoms with van der Waals surface area (Å²) in [5.41, 5.74) is 7.62. The quantitative estimate of drug-likeness (QED) is 0.739. The Kier molecular flexibility index (Phi) is 6.29. The molecule has 142 valence electrons. The third-order valence-corrected chi connectivity index (χ3v) is 5.86. The highest BCUT2D eigenvalue weighted by Gasteiger charge is 2.23. The summed E-state index contributed by atoms with van der Waals surface area (Å²) in [5.74, 6) is -0.468. The molecule has 7 heteroatoms. The molecule has 0 spiro atoms. The van der Waals surface area contributed by atoms with E-state index in [0.717, 1.165) is 36.5 Å². The molecule has 3 rings (SSSR count). The van der Waals surface area contributed by atoms with Gasteiger partial charge in [0.05, 0.1) is 10.6 Å². The standard InChI is InChI=1S/C20H22ClN3O2S/c1-27-16-6-7-18(21)17(12-16)20(26)23-14-2-4-15(5-3-14)24-10-8-13(9-11-24)19(22)25/h2-7,12-13H,8-11H2,1H3,(H2,22,25)(H,23,26). The summed E-state index contributed by atoms with van der Waals surface area (Å²) in [7, 11) is 0. The summed E-state index contributed by atoms with van der Waals surface area (Å²) in [6.45, 7) is 1.60. The minimum Gasteiger partial charge on any atom is -0.371 e. The number of amides is 2. The molecule has 2 aromatic rings. The first-order chi connectivity index (χ1) is 13.0. The molecule has 27 heavy (non-hydrogen) atoms. The lowest BCUT2D eigenvalue weighted by atomic mass is 9.96. The Morgan fingerprint density at radius 2 is 1.81 bits per heavy atom. The third-order valence-electron chi connectivity index (χ3n) is 4.81. The zero-order valence-corrected chi connectivity index (χ0v) is 16.6. The average molecular weight is 404 g/mol. The van der Waals surface area contributed by atoms with Crippen LogP contribution in [0.1, 0.15) is 23.2 Å². The molecule has 0 bridgehead atoms. The molecule has 1 heterocycles. The molecular formula is C20H22ClN3O2S. The predicted molar refractivity (Wildman–Crippen MR) is 112 cm³/mol. The molecule has 1 saturated heterocycles. The molecule has 0 radical (unpaired) electrons. The number of nitrogens with zero attached hydrogens (tertiary/aromatic N) is 1. The summed E-state index contributed by atoms with van der Waals surface area (Å²) in [6.07, 6.45) is 3.51. The van der Waals surface area contributed by atoms with Crippen molar-refractivity contribution in [3.05, 3.63) is 53.1 Å². The van der Waals surface area contributed by atoms with E-state index in [0.29, 0.717) is 16.3 Å². The molecule has 0 saturated carbocycles. The largest absolute Gasteiger partial charge is 0.371 e. The first kappa shape index (κ1) is 19.6. The minimum absolute atomic E-state index is 0.0263. The Morgan fingerprint density at radius 1 is 1.15 bits per heavy atom. The fourth-order valence-corrected chi connectivity index (χ4v) is 3.82. The van der Waals surface area contributed by atoms with Crippen LogP contribution in [-0.4, -0.2) is 31.2 Å². The molecule has 1 aliphatic heterocycles.